The van der Waals surface area contributed by atoms with Crippen LogP contribution in [0.5, 0.6) is 0 Å². The Balaban J connectivity index is 2.50. The molecule has 1 aromatic rings. The molecule has 1 aromatic carbocycles. The smallest absolute Gasteiger partial charge is 0.252 e. The first-order valence-corrected chi connectivity index (χ1v) is 6.19. The van der Waals surface area contributed by atoms with E-state index in [0.29, 0.717) is 4.47 Å². The third-order valence-corrected chi connectivity index (χ3v) is 3.38. The average molecular weight is 315 g/mol. The highest BCUT2D eigenvalue weighted by atomic mass is 79.9. The molecule has 0 atom stereocenters. The van der Waals surface area contributed by atoms with Crippen LogP contribution in [0.25, 0.3) is 0 Å². The number of anilines is 1. The molecule has 0 unspecified atom stereocenters. The van der Waals surface area contributed by atoms with Gasteiger partial charge in [-0.05, 0) is 41.9 Å². The zero-order valence-corrected chi connectivity index (χ0v) is 11.5. The number of piperazine rings is 1. The monoisotopic (exact) mass is 314 g/mol. The highest BCUT2D eigenvalue weighted by Crippen LogP contribution is 2.31. The lowest BCUT2D eigenvalue weighted by Gasteiger charge is -2.37. The van der Waals surface area contributed by atoms with Crippen LogP contribution in [0.15, 0.2) is 22.7 Å². The second kappa shape index (κ2) is 4.35. The molecule has 2 amide bonds. The van der Waals surface area contributed by atoms with E-state index in [4.69, 9.17) is 0 Å². The van der Waals surface area contributed by atoms with Crippen LogP contribution in [0, 0.1) is 5.82 Å². The summed E-state index contributed by atoms with van der Waals surface area (Å²) in [4.78, 5) is 25.0. The summed E-state index contributed by atoms with van der Waals surface area (Å²) in [6.07, 6.45) is 0. The van der Waals surface area contributed by atoms with E-state index in [1.165, 1.54) is 12.1 Å². The van der Waals surface area contributed by atoms with E-state index < -0.39 is 11.4 Å². The van der Waals surface area contributed by atoms with Gasteiger partial charge in [0.15, 0.2) is 0 Å². The van der Waals surface area contributed by atoms with Crippen LogP contribution in [-0.2, 0) is 9.59 Å². The van der Waals surface area contributed by atoms with Crippen molar-refractivity contribution in [1.82, 2.24) is 5.32 Å². The molecule has 1 aliphatic heterocycles. The molecule has 0 saturated carbocycles. The van der Waals surface area contributed by atoms with Gasteiger partial charge in [0, 0.05) is 4.47 Å². The number of para-hydroxylation sites is 1. The molecule has 0 spiro atoms. The van der Waals surface area contributed by atoms with Crippen molar-refractivity contribution in [2.24, 2.45) is 0 Å². The number of hydrogen-bond acceptors (Lipinski definition) is 2. The number of carbonyl (C=O) groups excluding carboxylic acids is 2. The molecule has 1 saturated heterocycles. The van der Waals surface area contributed by atoms with Gasteiger partial charge in [0.2, 0.25) is 5.91 Å². The van der Waals surface area contributed by atoms with Gasteiger partial charge < -0.3 is 5.32 Å². The Morgan fingerprint density at radius 1 is 1.39 bits per heavy atom. The van der Waals surface area contributed by atoms with Crippen molar-refractivity contribution < 1.29 is 14.0 Å². The van der Waals surface area contributed by atoms with E-state index >= 15 is 0 Å². The van der Waals surface area contributed by atoms with Crippen LogP contribution < -0.4 is 10.2 Å². The topological polar surface area (TPSA) is 49.4 Å². The molecule has 1 aliphatic rings. The standard InChI is InChI=1S/C12H12BrFN2O2/c1-12(2)11(18)16(6-9(17)15-12)10-7(13)4-3-5-8(10)14/h3-5H,6H2,1-2H3,(H,15,17). The Morgan fingerprint density at radius 3 is 2.67 bits per heavy atom. The normalized spacial score (nSPS) is 18.8. The van der Waals surface area contributed by atoms with Crippen molar-refractivity contribution in [3.63, 3.8) is 0 Å². The van der Waals surface area contributed by atoms with Crippen molar-refractivity contribution in [2.75, 3.05) is 11.4 Å². The number of carbonyl (C=O) groups is 2. The Labute approximate surface area is 112 Å². The maximum Gasteiger partial charge on any atom is 0.252 e. The lowest BCUT2D eigenvalue weighted by atomic mass is 10.00. The largest absolute Gasteiger partial charge is 0.341 e. The van der Waals surface area contributed by atoms with Gasteiger partial charge in [-0.25, -0.2) is 4.39 Å². The Bertz CT molecular complexity index is 511. The third kappa shape index (κ3) is 2.12. The summed E-state index contributed by atoms with van der Waals surface area (Å²) in [6, 6.07) is 4.42. The van der Waals surface area contributed by atoms with E-state index in [9.17, 15) is 14.0 Å². The van der Waals surface area contributed by atoms with Gasteiger partial charge in [0.05, 0.1) is 5.69 Å². The van der Waals surface area contributed by atoms with Crippen LogP contribution in [0.4, 0.5) is 10.1 Å². The zero-order chi connectivity index (χ0) is 13.5. The predicted octanol–water partition coefficient (Wildman–Crippen LogP) is 1.83. The number of nitrogens with zero attached hydrogens (tertiary/aromatic N) is 1. The van der Waals surface area contributed by atoms with E-state index in [0.717, 1.165) is 4.90 Å². The van der Waals surface area contributed by atoms with E-state index in [2.05, 4.69) is 21.2 Å². The van der Waals surface area contributed by atoms with Crippen LogP contribution >= 0.6 is 15.9 Å². The maximum atomic E-state index is 13.8. The molecular weight excluding hydrogens is 303 g/mol. The summed E-state index contributed by atoms with van der Waals surface area (Å²) < 4.78 is 14.3. The average Bonchev–Trinajstić information content (AvgIpc) is 2.24. The minimum atomic E-state index is -1.03. The third-order valence-electron chi connectivity index (χ3n) is 2.74. The van der Waals surface area contributed by atoms with E-state index in [-0.39, 0.29) is 24.0 Å². The Morgan fingerprint density at radius 2 is 2.06 bits per heavy atom. The number of benzene rings is 1. The fourth-order valence-corrected chi connectivity index (χ4v) is 2.48. The van der Waals surface area contributed by atoms with Gasteiger partial charge >= 0.3 is 0 Å². The molecule has 6 heteroatoms. The lowest BCUT2D eigenvalue weighted by molar-refractivity contribution is -0.134. The molecule has 2 rings (SSSR count). The Hall–Kier alpha value is -1.43. The molecule has 1 heterocycles. The van der Waals surface area contributed by atoms with Gasteiger partial charge in [-0.1, -0.05) is 6.07 Å². The second-order valence-corrected chi connectivity index (χ2v) is 5.49. The van der Waals surface area contributed by atoms with Crippen molar-refractivity contribution in [1.29, 1.82) is 0 Å². The quantitative estimate of drug-likeness (QED) is 0.859. The van der Waals surface area contributed by atoms with Gasteiger partial charge in [-0.15, -0.1) is 0 Å². The number of amides is 2. The molecule has 0 radical (unpaired) electrons. The Kier molecular flexibility index (Phi) is 3.14. The fourth-order valence-electron chi connectivity index (χ4n) is 1.92. The molecule has 4 nitrogen and oxygen atoms in total. The summed E-state index contributed by atoms with van der Waals surface area (Å²) in [5.41, 5.74) is -0.928. The van der Waals surface area contributed by atoms with Crippen molar-refractivity contribution in [3.8, 4) is 0 Å². The molecule has 0 bridgehead atoms. The minimum absolute atomic E-state index is 0.102. The first-order chi connectivity index (χ1) is 8.33. The van der Waals surface area contributed by atoms with Gasteiger partial charge in [-0.2, -0.15) is 0 Å². The van der Waals surface area contributed by atoms with Crippen molar-refractivity contribution in [3.05, 3.63) is 28.5 Å². The second-order valence-electron chi connectivity index (χ2n) is 4.63. The fraction of sp³-hybridized carbons (Fsp3) is 0.333. The maximum absolute atomic E-state index is 13.8. The molecule has 0 aliphatic carbocycles. The van der Waals surface area contributed by atoms with Crippen LogP contribution in [-0.4, -0.2) is 23.9 Å². The highest BCUT2D eigenvalue weighted by Gasteiger charge is 2.41. The molecule has 1 N–H and O–H groups in total. The molecule has 1 fully saturated rings. The van der Waals surface area contributed by atoms with Crippen LogP contribution in [0.2, 0.25) is 0 Å². The summed E-state index contributed by atoms with van der Waals surface area (Å²) in [6.45, 7) is 3.00. The summed E-state index contributed by atoms with van der Waals surface area (Å²) in [7, 11) is 0. The summed E-state index contributed by atoms with van der Waals surface area (Å²) in [5.74, 6) is -1.19. The predicted molar refractivity (Wildman–Crippen MR) is 68.7 cm³/mol. The zero-order valence-electron chi connectivity index (χ0n) is 9.96. The number of halogens is 2. The number of nitrogens with one attached hydrogen (secondary N) is 1. The van der Waals surface area contributed by atoms with Gasteiger partial charge in [0.1, 0.15) is 17.9 Å². The molecule has 0 aromatic heterocycles. The van der Waals surface area contributed by atoms with Crippen LogP contribution in [0.1, 0.15) is 13.8 Å². The van der Waals surface area contributed by atoms with Gasteiger partial charge in [-0.3, -0.25) is 14.5 Å². The SMILES string of the molecule is CC1(C)NC(=O)CN(c2c(F)cccc2Br)C1=O. The van der Waals surface area contributed by atoms with Crippen molar-refractivity contribution in [2.45, 2.75) is 19.4 Å². The lowest BCUT2D eigenvalue weighted by Crippen LogP contribution is -2.64. The molecule has 96 valence electrons. The van der Waals surface area contributed by atoms with Crippen molar-refractivity contribution >= 4 is 33.4 Å². The van der Waals surface area contributed by atoms with E-state index in [1.807, 2.05) is 0 Å². The van der Waals surface area contributed by atoms with E-state index in [1.54, 1.807) is 19.9 Å². The molecule has 18 heavy (non-hydrogen) atoms. The summed E-state index contributed by atoms with van der Waals surface area (Å²) in [5, 5.41) is 2.58. The number of rotatable bonds is 1. The number of hydrogen-bond donors (Lipinski definition) is 1. The van der Waals surface area contributed by atoms with Gasteiger partial charge in [0.25, 0.3) is 5.91 Å². The highest BCUT2D eigenvalue weighted by molar-refractivity contribution is 9.10. The first kappa shape index (κ1) is 13.0. The summed E-state index contributed by atoms with van der Waals surface area (Å²) >= 11 is 3.20. The molecular formula is C12H12BrFN2O2. The minimum Gasteiger partial charge on any atom is -0.341 e. The first-order valence-electron chi connectivity index (χ1n) is 5.40. The van der Waals surface area contributed by atoms with Crippen LogP contribution in [0.3, 0.4) is 0 Å².